The van der Waals surface area contributed by atoms with E-state index in [0.717, 1.165) is 64.8 Å². The van der Waals surface area contributed by atoms with E-state index in [4.69, 9.17) is 0 Å². The van der Waals surface area contributed by atoms with Gasteiger partial charge in [-0.05, 0) is 85.6 Å². The number of hydrogen-bond donors (Lipinski definition) is 0. The minimum absolute atomic E-state index is 0.0110. The number of nitrogens with zero attached hydrogens (tertiary/aromatic N) is 2. The molecule has 1 aliphatic rings. The predicted molar refractivity (Wildman–Crippen MR) is 156 cm³/mol. The maximum Gasteiger partial charge on any atom is 0.148 e. The van der Waals surface area contributed by atoms with E-state index in [9.17, 15) is 4.79 Å². The molecular weight excluding hydrogens is 440 g/mol. The van der Waals surface area contributed by atoms with Crippen LogP contribution < -0.4 is 0 Å². The fourth-order valence-electron chi connectivity index (χ4n) is 4.71. The lowest BCUT2D eigenvalue weighted by molar-refractivity contribution is -0.124. The highest BCUT2D eigenvalue weighted by Crippen LogP contribution is 2.17. The van der Waals surface area contributed by atoms with Crippen LogP contribution in [0.2, 0.25) is 0 Å². The molecule has 36 heavy (non-hydrogen) atoms. The summed E-state index contributed by atoms with van der Waals surface area (Å²) in [4.78, 5) is 17.2. The Balaban J connectivity index is 1.72. The molecule has 0 bridgehead atoms. The molecule has 1 aliphatic heterocycles. The maximum absolute atomic E-state index is 12.4. The van der Waals surface area contributed by atoms with E-state index in [1.54, 1.807) is 6.92 Å². The SMILES string of the molecule is CC(=O)C1CN(C/C=C(\C)CC/C=C(\C)CC/C=C(\C)CCC=C(C)C)CCN1Cc1ccccc1. The number of carbonyl (C=O) groups is 1. The number of hydrogen-bond acceptors (Lipinski definition) is 3. The molecule has 1 aromatic rings. The monoisotopic (exact) mass is 490 g/mol. The number of piperazine rings is 1. The highest BCUT2D eigenvalue weighted by Gasteiger charge is 2.29. The average Bonchev–Trinajstić information content (AvgIpc) is 2.83. The van der Waals surface area contributed by atoms with Crippen LogP contribution in [0.25, 0.3) is 0 Å². The lowest BCUT2D eigenvalue weighted by Gasteiger charge is -2.40. The molecule has 0 saturated carbocycles. The maximum atomic E-state index is 12.4. The first-order valence-electron chi connectivity index (χ1n) is 13.9. The standard InChI is InChI=1S/C33H50N2O/c1-27(2)13-10-14-28(3)15-11-16-29(4)17-12-18-30(5)21-22-34-23-24-35(33(26-34)31(6)36)25-32-19-8-7-9-20-32/h7-9,13,15,17,19-21,33H,10-12,14,16,18,22-26H2,1-6H3/b28-15+,29-17+,30-21+. The van der Waals surface area contributed by atoms with Gasteiger partial charge < -0.3 is 0 Å². The van der Waals surface area contributed by atoms with Crippen molar-refractivity contribution in [3.8, 4) is 0 Å². The molecule has 0 aliphatic carbocycles. The first-order chi connectivity index (χ1) is 17.2. The molecule has 0 radical (unpaired) electrons. The van der Waals surface area contributed by atoms with Gasteiger partial charge in [-0.3, -0.25) is 14.6 Å². The van der Waals surface area contributed by atoms with Crippen molar-refractivity contribution in [2.75, 3.05) is 26.2 Å². The minimum atomic E-state index is -0.0110. The van der Waals surface area contributed by atoms with Crippen LogP contribution in [0.4, 0.5) is 0 Å². The van der Waals surface area contributed by atoms with E-state index in [1.807, 2.05) is 6.07 Å². The van der Waals surface area contributed by atoms with Crippen LogP contribution in [-0.2, 0) is 11.3 Å². The molecule has 0 amide bonds. The van der Waals surface area contributed by atoms with Crippen molar-refractivity contribution in [3.05, 3.63) is 82.5 Å². The molecule has 0 aromatic heterocycles. The molecule has 1 unspecified atom stereocenters. The Morgan fingerprint density at radius 2 is 1.33 bits per heavy atom. The lowest BCUT2D eigenvalue weighted by atomic mass is 10.0. The molecule has 0 spiro atoms. The summed E-state index contributed by atoms with van der Waals surface area (Å²) in [5, 5.41) is 0. The van der Waals surface area contributed by atoms with Crippen molar-refractivity contribution in [2.45, 2.75) is 92.7 Å². The normalized spacial score (nSPS) is 18.4. The molecule has 1 aromatic carbocycles. The first-order valence-corrected chi connectivity index (χ1v) is 13.9. The van der Waals surface area contributed by atoms with Gasteiger partial charge >= 0.3 is 0 Å². The number of benzene rings is 1. The third-order valence-corrected chi connectivity index (χ3v) is 7.13. The second-order valence-electron chi connectivity index (χ2n) is 10.9. The Morgan fingerprint density at radius 3 is 1.89 bits per heavy atom. The molecule has 3 nitrogen and oxygen atoms in total. The molecular formula is C33H50N2O. The zero-order chi connectivity index (χ0) is 26.3. The van der Waals surface area contributed by atoms with Crippen LogP contribution in [0.15, 0.2) is 76.9 Å². The van der Waals surface area contributed by atoms with Crippen molar-refractivity contribution >= 4 is 5.78 Å². The molecule has 1 saturated heterocycles. The van der Waals surface area contributed by atoms with Crippen LogP contribution in [0.3, 0.4) is 0 Å². The van der Waals surface area contributed by atoms with Gasteiger partial charge in [0.05, 0.1) is 6.04 Å². The van der Waals surface area contributed by atoms with Crippen LogP contribution >= 0.6 is 0 Å². The highest BCUT2D eigenvalue weighted by atomic mass is 16.1. The van der Waals surface area contributed by atoms with Gasteiger partial charge in [0.15, 0.2) is 0 Å². The van der Waals surface area contributed by atoms with E-state index in [-0.39, 0.29) is 11.8 Å². The molecule has 1 atom stereocenters. The summed E-state index contributed by atoms with van der Waals surface area (Å²) in [6.45, 7) is 17.4. The molecule has 1 heterocycles. The Labute approximate surface area is 221 Å². The van der Waals surface area contributed by atoms with E-state index in [2.05, 4.69) is 93.0 Å². The Hall–Kier alpha value is -2.23. The summed E-state index contributed by atoms with van der Waals surface area (Å²) in [5.41, 5.74) is 7.14. The zero-order valence-corrected chi connectivity index (χ0v) is 23.9. The predicted octanol–water partition coefficient (Wildman–Crippen LogP) is 7.91. The summed E-state index contributed by atoms with van der Waals surface area (Å²) < 4.78 is 0. The Kier molecular flexibility index (Phi) is 13.8. The molecule has 3 heteroatoms. The fourth-order valence-corrected chi connectivity index (χ4v) is 4.71. The zero-order valence-electron chi connectivity index (χ0n) is 23.9. The van der Waals surface area contributed by atoms with Crippen LogP contribution in [0, 0.1) is 0 Å². The second-order valence-corrected chi connectivity index (χ2v) is 10.9. The minimum Gasteiger partial charge on any atom is -0.298 e. The van der Waals surface area contributed by atoms with Gasteiger partial charge in [0.1, 0.15) is 5.78 Å². The first kappa shape index (κ1) is 30.0. The van der Waals surface area contributed by atoms with Gasteiger partial charge in [0.2, 0.25) is 0 Å². The van der Waals surface area contributed by atoms with E-state index in [1.165, 1.54) is 34.3 Å². The summed E-state index contributed by atoms with van der Waals surface area (Å²) >= 11 is 0. The van der Waals surface area contributed by atoms with Crippen LogP contribution in [0.5, 0.6) is 0 Å². The van der Waals surface area contributed by atoms with E-state index < -0.39 is 0 Å². The van der Waals surface area contributed by atoms with Crippen molar-refractivity contribution < 1.29 is 4.79 Å². The molecule has 1 fully saturated rings. The third kappa shape index (κ3) is 12.1. The summed E-state index contributed by atoms with van der Waals surface area (Å²) in [6, 6.07) is 10.5. The van der Waals surface area contributed by atoms with Crippen LogP contribution in [0.1, 0.15) is 85.6 Å². The van der Waals surface area contributed by atoms with Gasteiger partial charge in [0.25, 0.3) is 0 Å². The van der Waals surface area contributed by atoms with Crippen molar-refractivity contribution in [2.24, 2.45) is 0 Å². The summed E-state index contributed by atoms with van der Waals surface area (Å²) in [5.74, 6) is 0.273. The van der Waals surface area contributed by atoms with Crippen LogP contribution in [-0.4, -0.2) is 47.8 Å². The van der Waals surface area contributed by atoms with E-state index >= 15 is 0 Å². The molecule has 2 rings (SSSR count). The van der Waals surface area contributed by atoms with Crippen molar-refractivity contribution in [1.82, 2.24) is 9.80 Å². The summed E-state index contributed by atoms with van der Waals surface area (Å²) in [6.07, 6.45) is 16.4. The van der Waals surface area contributed by atoms with Gasteiger partial charge in [0, 0.05) is 32.7 Å². The number of Topliss-reactive ketones (excluding diaryl/α,β-unsaturated/α-hetero) is 1. The quantitative estimate of drug-likeness (QED) is 0.248. The number of carbonyl (C=O) groups excluding carboxylic acids is 1. The fraction of sp³-hybridized carbons (Fsp3) is 0.545. The van der Waals surface area contributed by atoms with Crippen molar-refractivity contribution in [3.63, 3.8) is 0 Å². The van der Waals surface area contributed by atoms with Gasteiger partial charge in [-0.15, -0.1) is 0 Å². The largest absolute Gasteiger partial charge is 0.298 e. The lowest BCUT2D eigenvalue weighted by Crippen LogP contribution is -2.55. The molecule has 0 N–H and O–H groups in total. The Morgan fingerprint density at radius 1 is 0.778 bits per heavy atom. The number of ketones is 1. The van der Waals surface area contributed by atoms with Crippen molar-refractivity contribution in [1.29, 1.82) is 0 Å². The summed E-state index contributed by atoms with van der Waals surface area (Å²) in [7, 11) is 0. The Bertz CT molecular complexity index is 918. The van der Waals surface area contributed by atoms with Gasteiger partial charge in [-0.25, -0.2) is 0 Å². The average molecular weight is 491 g/mol. The molecule has 198 valence electrons. The topological polar surface area (TPSA) is 23.6 Å². The smallest absolute Gasteiger partial charge is 0.148 e. The van der Waals surface area contributed by atoms with E-state index in [0.29, 0.717) is 0 Å². The number of allylic oxidation sites excluding steroid dienone is 7. The highest BCUT2D eigenvalue weighted by molar-refractivity contribution is 5.81. The van der Waals surface area contributed by atoms with Gasteiger partial charge in [-0.2, -0.15) is 0 Å². The number of rotatable bonds is 14. The third-order valence-electron chi connectivity index (χ3n) is 7.13. The second kappa shape index (κ2) is 16.5. The van der Waals surface area contributed by atoms with Gasteiger partial charge in [-0.1, -0.05) is 76.9 Å².